The minimum Gasteiger partial charge on any atom is -0.299 e. The van der Waals surface area contributed by atoms with E-state index in [0.29, 0.717) is 12.5 Å². The minimum atomic E-state index is -3.66. The first-order valence-corrected chi connectivity index (χ1v) is 9.65. The first-order chi connectivity index (χ1) is 10.9. The molecule has 1 unspecified atom stereocenters. The van der Waals surface area contributed by atoms with E-state index in [1.54, 1.807) is 12.1 Å². The Labute approximate surface area is 139 Å². The van der Waals surface area contributed by atoms with Crippen LogP contribution in [0.4, 0.5) is 0 Å². The molecule has 6 heteroatoms. The molecule has 2 rings (SSSR count). The summed E-state index contributed by atoms with van der Waals surface area (Å²) in [4.78, 5) is 2.44. The topological polar surface area (TPSA) is 73.2 Å². The summed E-state index contributed by atoms with van der Waals surface area (Å²) in [5, 5.41) is 9.10. The van der Waals surface area contributed by atoms with Crippen LogP contribution in [-0.4, -0.2) is 39.0 Å². The Bertz CT molecular complexity index is 659. The molecule has 1 aliphatic rings. The van der Waals surface area contributed by atoms with E-state index in [0.717, 1.165) is 19.5 Å². The Morgan fingerprint density at radius 3 is 2.52 bits per heavy atom. The Balaban J connectivity index is 2.11. The third-order valence-corrected chi connectivity index (χ3v) is 5.69. The Hall–Kier alpha value is -1.42. The maximum Gasteiger partial charge on any atom is 0.241 e. The Morgan fingerprint density at radius 2 is 1.91 bits per heavy atom. The van der Waals surface area contributed by atoms with Crippen LogP contribution in [0.1, 0.15) is 38.7 Å². The van der Waals surface area contributed by atoms with Gasteiger partial charge >= 0.3 is 0 Å². The predicted octanol–water partition coefficient (Wildman–Crippen LogP) is 2.35. The summed E-state index contributed by atoms with van der Waals surface area (Å²) in [5.41, 5.74) is 0.182. The molecule has 1 aliphatic heterocycles. The average Bonchev–Trinajstić information content (AvgIpc) is 3.05. The molecule has 23 heavy (non-hydrogen) atoms. The molecule has 0 amide bonds. The highest BCUT2D eigenvalue weighted by atomic mass is 32.2. The van der Waals surface area contributed by atoms with E-state index in [-0.39, 0.29) is 16.5 Å². The van der Waals surface area contributed by atoms with Crippen LogP contribution in [-0.2, 0) is 10.0 Å². The lowest BCUT2D eigenvalue weighted by Gasteiger charge is -2.29. The fourth-order valence-electron chi connectivity index (χ4n) is 3.09. The summed E-state index contributed by atoms with van der Waals surface area (Å²) >= 11 is 0. The molecule has 0 aliphatic carbocycles. The zero-order valence-corrected chi connectivity index (χ0v) is 14.6. The first-order valence-electron chi connectivity index (χ1n) is 8.17. The zero-order chi connectivity index (χ0) is 16.9. The second-order valence-electron chi connectivity index (χ2n) is 6.49. The van der Waals surface area contributed by atoms with Crippen molar-refractivity contribution in [3.8, 4) is 6.07 Å². The number of nitriles is 1. The molecule has 1 aromatic carbocycles. The maximum absolute atomic E-state index is 12.5. The van der Waals surface area contributed by atoms with E-state index in [1.807, 2.05) is 6.07 Å². The van der Waals surface area contributed by atoms with Gasteiger partial charge in [-0.3, -0.25) is 4.90 Å². The number of nitrogens with zero attached hydrogens (tertiary/aromatic N) is 2. The molecule has 1 fully saturated rings. The van der Waals surface area contributed by atoms with Gasteiger partial charge in [0.15, 0.2) is 0 Å². The van der Waals surface area contributed by atoms with Crippen molar-refractivity contribution in [3.63, 3.8) is 0 Å². The van der Waals surface area contributed by atoms with Gasteiger partial charge in [0.1, 0.15) is 6.07 Å². The number of sulfonamides is 1. The standard InChI is InChI=1S/C17H25N3O2S/c1-14(2)11-16(20-9-5-6-10-20)13-19-23(21,22)17-8-4-3-7-15(17)12-18/h3-4,7-8,14,16,19H,5-6,9-11,13H2,1-2H3. The molecule has 0 aromatic heterocycles. The van der Waals surface area contributed by atoms with Crippen LogP contribution in [0, 0.1) is 17.2 Å². The van der Waals surface area contributed by atoms with Crippen LogP contribution < -0.4 is 4.72 Å². The molecule has 1 atom stereocenters. The number of nitrogens with one attached hydrogen (secondary N) is 1. The van der Waals surface area contributed by atoms with Gasteiger partial charge in [0.05, 0.1) is 10.5 Å². The van der Waals surface area contributed by atoms with Crippen molar-refractivity contribution >= 4 is 10.0 Å². The highest BCUT2D eigenvalue weighted by Crippen LogP contribution is 2.19. The molecule has 126 valence electrons. The maximum atomic E-state index is 12.5. The lowest BCUT2D eigenvalue weighted by molar-refractivity contribution is 0.214. The lowest BCUT2D eigenvalue weighted by Crippen LogP contribution is -2.43. The number of likely N-dealkylation sites (tertiary alicyclic amines) is 1. The van der Waals surface area contributed by atoms with Gasteiger partial charge in [-0.2, -0.15) is 5.26 Å². The fraction of sp³-hybridized carbons (Fsp3) is 0.588. The van der Waals surface area contributed by atoms with Gasteiger partial charge in [-0.1, -0.05) is 26.0 Å². The second-order valence-corrected chi connectivity index (χ2v) is 8.22. The van der Waals surface area contributed by atoms with E-state index in [2.05, 4.69) is 23.5 Å². The molecule has 0 radical (unpaired) electrons. The molecule has 1 N–H and O–H groups in total. The van der Waals surface area contributed by atoms with Crippen LogP contribution in [0.3, 0.4) is 0 Å². The highest BCUT2D eigenvalue weighted by Gasteiger charge is 2.25. The van der Waals surface area contributed by atoms with Crippen LogP contribution in [0.25, 0.3) is 0 Å². The van der Waals surface area contributed by atoms with Gasteiger partial charge < -0.3 is 0 Å². The molecule has 1 saturated heterocycles. The fourth-order valence-corrected chi connectivity index (χ4v) is 4.32. The van der Waals surface area contributed by atoms with Gasteiger partial charge in [0.25, 0.3) is 0 Å². The van der Waals surface area contributed by atoms with Gasteiger partial charge in [-0.15, -0.1) is 0 Å². The lowest BCUT2D eigenvalue weighted by atomic mass is 10.0. The van der Waals surface area contributed by atoms with E-state index in [1.165, 1.54) is 25.0 Å². The van der Waals surface area contributed by atoms with Crippen LogP contribution >= 0.6 is 0 Å². The van der Waals surface area contributed by atoms with E-state index in [9.17, 15) is 8.42 Å². The Kier molecular flexibility index (Phi) is 6.17. The molecule has 1 heterocycles. The molecular weight excluding hydrogens is 310 g/mol. The normalized spacial score (nSPS) is 17.3. The minimum absolute atomic E-state index is 0.0622. The van der Waals surface area contributed by atoms with Gasteiger partial charge in [-0.25, -0.2) is 13.1 Å². The first kappa shape index (κ1) is 17.9. The summed E-state index contributed by atoms with van der Waals surface area (Å²) in [5.74, 6) is 0.511. The summed E-state index contributed by atoms with van der Waals surface area (Å²) in [6.45, 7) is 6.77. The number of rotatable bonds is 7. The number of benzene rings is 1. The van der Waals surface area contributed by atoms with Crippen LogP contribution in [0.15, 0.2) is 29.2 Å². The molecule has 1 aromatic rings. The van der Waals surface area contributed by atoms with Crippen molar-refractivity contribution in [1.82, 2.24) is 9.62 Å². The third-order valence-electron chi connectivity index (χ3n) is 4.21. The third kappa shape index (κ3) is 4.77. The van der Waals surface area contributed by atoms with Gasteiger partial charge in [0, 0.05) is 12.6 Å². The zero-order valence-electron chi connectivity index (χ0n) is 13.8. The summed E-state index contributed by atoms with van der Waals surface area (Å²) in [6.07, 6.45) is 3.32. The van der Waals surface area contributed by atoms with Crippen LogP contribution in [0.2, 0.25) is 0 Å². The van der Waals surface area contributed by atoms with Crippen molar-refractivity contribution in [3.05, 3.63) is 29.8 Å². The van der Waals surface area contributed by atoms with Crippen LogP contribution in [0.5, 0.6) is 0 Å². The van der Waals surface area contributed by atoms with Crippen molar-refractivity contribution in [1.29, 1.82) is 5.26 Å². The Morgan fingerprint density at radius 1 is 1.26 bits per heavy atom. The number of hydrogen-bond acceptors (Lipinski definition) is 4. The van der Waals surface area contributed by atoms with E-state index in [4.69, 9.17) is 5.26 Å². The van der Waals surface area contributed by atoms with E-state index < -0.39 is 10.0 Å². The molecule has 0 bridgehead atoms. The molecule has 0 saturated carbocycles. The largest absolute Gasteiger partial charge is 0.299 e. The predicted molar refractivity (Wildman–Crippen MR) is 90.4 cm³/mol. The van der Waals surface area contributed by atoms with E-state index >= 15 is 0 Å². The smallest absolute Gasteiger partial charge is 0.241 e. The summed E-state index contributed by atoms with van der Waals surface area (Å²) in [7, 11) is -3.66. The van der Waals surface area contributed by atoms with Crippen molar-refractivity contribution in [2.75, 3.05) is 19.6 Å². The number of hydrogen-bond donors (Lipinski definition) is 1. The molecular formula is C17H25N3O2S. The second kappa shape index (κ2) is 7.91. The average molecular weight is 335 g/mol. The van der Waals surface area contributed by atoms with Crippen molar-refractivity contribution < 1.29 is 8.42 Å². The monoisotopic (exact) mass is 335 g/mol. The summed E-state index contributed by atoms with van der Waals surface area (Å²) < 4.78 is 27.8. The van der Waals surface area contributed by atoms with Crippen molar-refractivity contribution in [2.24, 2.45) is 5.92 Å². The van der Waals surface area contributed by atoms with Crippen molar-refractivity contribution in [2.45, 2.75) is 44.0 Å². The SMILES string of the molecule is CC(C)CC(CNS(=O)(=O)c1ccccc1C#N)N1CCCC1. The highest BCUT2D eigenvalue weighted by molar-refractivity contribution is 7.89. The van der Waals surface area contributed by atoms with Gasteiger partial charge in [0.2, 0.25) is 10.0 Å². The quantitative estimate of drug-likeness (QED) is 0.830. The molecule has 0 spiro atoms. The molecule has 5 nitrogen and oxygen atoms in total. The van der Waals surface area contributed by atoms with Gasteiger partial charge in [-0.05, 0) is 50.4 Å². The summed E-state index contributed by atoms with van der Waals surface area (Å²) in [6, 6.07) is 8.48.